The molecule has 0 aliphatic carbocycles. The summed E-state index contributed by atoms with van der Waals surface area (Å²) >= 11 is 0. The minimum Gasteiger partial charge on any atom is -0.352 e. The van der Waals surface area contributed by atoms with Crippen LogP contribution in [0.25, 0.3) is 11.5 Å². The molecule has 0 fully saturated rings. The van der Waals surface area contributed by atoms with Crippen molar-refractivity contribution in [1.82, 2.24) is 24.9 Å². The Hall–Kier alpha value is -3.37. The molecule has 3 aromatic rings. The summed E-state index contributed by atoms with van der Waals surface area (Å²) in [5.41, 5.74) is -0.820. The second kappa shape index (κ2) is 7.71. The molecule has 3 aromatic heterocycles. The minimum atomic E-state index is -4.60. The highest BCUT2D eigenvalue weighted by atomic mass is 19.4. The highest BCUT2D eigenvalue weighted by molar-refractivity contribution is 5.58. The molecule has 0 unspecified atom stereocenters. The molecule has 2 N–H and O–H groups in total. The summed E-state index contributed by atoms with van der Waals surface area (Å²) in [4.78, 5) is 19.4. The van der Waals surface area contributed by atoms with Gasteiger partial charge in [0.1, 0.15) is 11.4 Å². The molecule has 0 aliphatic heterocycles. The van der Waals surface area contributed by atoms with E-state index in [0.29, 0.717) is 5.69 Å². The van der Waals surface area contributed by atoms with Gasteiger partial charge in [0.2, 0.25) is 17.8 Å². The van der Waals surface area contributed by atoms with Crippen molar-refractivity contribution in [3.8, 4) is 11.5 Å². The smallest absolute Gasteiger partial charge is 0.352 e. The topological polar surface area (TPSA) is 88.5 Å². The third-order valence-corrected chi connectivity index (χ3v) is 3.30. The molecule has 0 amide bonds. The van der Waals surface area contributed by atoms with Crippen LogP contribution in [0.4, 0.5) is 35.1 Å². The molecule has 0 saturated carbocycles. The second-order valence-electron chi connectivity index (χ2n) is 6.00. The number of hydrogen-bond donors (Lipinski definition) is 2. The number of alkyl halides is 3. The van der Waals surface area contributed by atoms with Gasteiger partial charge in [-0.05, 0) is 32.0 Å². The first-order valence-electron chi connectivity index (χ1n) is 8.16. The van der Waals surface area contributed by atoms with Gasteiger partial charge in [0.25, 0.3) is 0 Å². The highest BCUT2D eigenvalue weighted by Gasteiger charge is 2.32. The molecule has 0 saturated heterocycles. The van der Waals surface area contributed by atoms with E-state index < -0.39 is 17.8 Å². The van der Waals surface area contributed by atoms with Crippen molar-refractivity contribution in [3.63, 3.8) is 0 Å². The Labute approximate surface area is 157 Å². The van der Waals surface area contributed by atoms with Crippen LogP contribution in [0, 0.1) is 5.95 Å². The lowest BCUT2D eigenvalue weighted by Crippen LogP contribution is -2.15. The zero-order chi connectivity index (χ0) is 20.3. The largest absolute Gasteiger partial charge is 0.433 e. The lowest BCUT2D eigenvalue weighted by atomic mass is 10.3. The standard InChI is InChI=1S/C17H15F4N7/c1-9(2)23-15-26-14(11-4-3-5-12(25-11)17(19,20)21)27-16(28-15)24-10-6-7-22-13(18)8-10/h3-9H,1-2H3,(H2,22,23,24,26,27,28). The fraction of sp³-hybridized carbons (Fsp3) is 0.235. The van der Waals surface area contributed by atoms with Crippen molar-refractivity contribution in [2.24, 2.45) is 0 Å². The van der Waals surface area contributed by atoms with E-state index in [2.05, 4.69) is 35.6 Å². The van der Waals surface area contributed by atoms with Crippen LogP contribution in [0.3, 0.4) is 0 Å². The zero-order valence-electron chi connectivity index (χ0n) is 14.8. The van der Waals surface area contributed by atoms with Crippen molar-refractivity contribution >= 4 is 17.6 Å². The van der Waals surface area contributed by atoms with Gasteiger partial charge >= 0.3 is 6.18 Å². The number of rotatable bonds is 5. The number of nitrogens with zero attached hydrogens (tertiary/aromatic N) is 5. The number of aromatic nitrogens is 5. The van der Waals surface area contributed by atoms with Crippen LogP contribution in [-0.4, -0.2) is 31.0 Å². The predicted molar refractivity (Wildman–Crippen MR) is 94.3 cm³/mol. The minimum absolute atomic E-state index is 0.0120. The second-order valence-corrected chi connectivity index (χ2v) is 6.00. The van der Waals surface area contributed by atoms with Gasteiger partial charge in [-0.2, -0.15) is 32.5 Å². The van der Waals surface area contributed by atoms with E-state index in [0.717, 1.165) is 12.1 Å². The fourth-order valence-corrected chi connectivity index (χ4v) is 2.20. The number of pyridine rings is 2. The van der Waals surface area contributed by atoms with E-state index in [-0.39, 0.29) is 29.5 Å². The Balaban J connectivity index is 2.03. The van der Waals surface area contributed by atoms with E-state index in [4.69, 9.17) is 0 Å². The Bertz CT molecular complexity index is 976. The van der Waals surface area contributed by atoms with Crippen molar-refractivity contribution < 1.29 is 17.6 Å². The van der Waals surface area contributed by atoms with Crippen LogP contribution in [0.5, 0.6) is 0 Å². The third kappa shape index (κ3) is 4.87. The maximum Gasteiger partial charge on any atom is 0.433 e. The molecule has 0 radical (unpaired) electrons. The molecule has 0 atom stereocenters. The lowest BCUT2D eigenvalue weighted by Gasteiger charge is -2.12. The van der Waals surface area contributed by atoms with Gasteiger partial charge in [0.05, 0.1) is 0 Å². The van der Waals surface area contributed by atoms with Crippen LogP contribution in [0.15, 0.2) is 36.5 Å². The van der Waals surface area contributed by atoms with Gasteiger partial charge in [0.15, 0.2) is 5.82 Å². The number of nitrogens with one attached hydrogen (secondary N) is 2. The Morgan fingerprint density at radius 1 is 0.964 bits per heavy atom. The van der Waals surface area contributed by atoms with Crippen LogP contribution in [0.1, 0.15) is 19.5 Å². The average molecular weight is 393 g/mol. The zero-order valence-corrected chi connectivity index (χ0v) is 14.8. The normalized spacial score (nSPS) is 11.5. The first kappa shape index (κ1) is 19.4. The Kier molecular flexibility index (Phi) is 5.34. The molecule has 28 heavy (non-hydrogen) atoms. The van der Waals surface area contributed by atoms with Gasteiger partial charge in [-0.1, -0.05) is 6.07 Å². The fourth-order valence-electron chi connectivity index (χ4n) is 2.20. The van der Waals surface area contributed by atoms with Crippen LogP contribution >= 0.6 is 0 Å². The van der Waals surface area contributed by atoms with E-state index in [9.17, 15) is 17.6 Å². The average Bonchev–Trinajstić information content (AvgIpc) is 2.60. The summed E-state index contributed by atoms with van der Waals surface area (Å²) in [6.45, 7) is 3.69. The predicted octanol–water partition coefficient (Wildman–Crippen LogP) is 4.05. The van der Waals surface area contributed by atoms with E-state index in [1.165, 1.54) is 24.4 Å². The summed E-state index contributed by atoms with van der Waals surface area (Å²) in [7, 11) is 0. The molecule has 7 nitrogen and oxygen atoms in total. The summed E-state index contributed by atoms with van der Waals surface area (Å²) in [6.07, 6.45) is -3.35. The molecule has 146 valence electrons. The molecule has 3 rings (SSSR count). The number of halogens is 4. The molecule has 0 spiro atoms. The SMILES string of the molecule is CC(C)Nc1nc(Nc2ccnc(F)c2)nc(-c2cccc(C(F)(F)F)n2)n1. The van der Waals surface area contributed by atoms with E-state index in [1.807, 2.05) is 13.8 Å². The van der Waals surface area contributed by atoms with Crippen LogP contribution in [-0.2, 0) is 6.18 Å². The monoisotopic (exact) mass is 393 g/mol. The molecular formula is C17H15F4N7. The molecule has 11 heteroatoms. The lowest BCUT2D eigenvalue weighted by molar-refractivity contribution is -0.141. The molecule has 3 heterocycles. The molecule has 0 aliphatic rings. The van der Waals surface area contributed by atoms with Crippen molar-refractivity contribution in [1.29, 1.82) is 0 Å². The third-order valence-electron chi connectivity index (χ3n) is 3.30. The van der Waals surface area contributed by atoms with Gasteiger partial charge in [-0.3, -0.25) is 0 Å². The first-order valence-corrected chi connectivity index (χ1v) is 8.16. The maximum absolute atomic E-state index is 13.3. The van der Waals surface area contributed by atoms with Gasteiger partial charge in [-0.25, -0.2) is 9.97 Å². The van der Waals surface area contributed by atoms with Gasteiger partial charge in [0, 0.05) is 24.0 Å². The summed E-state index contributed by atoms with van der Waals surface area (Å²) in [6, 6.07) is 6.01. The van der Waals surface area contributed by atoms with Crippen molar-refractivity contribution in [2.75, 3.05) is 10.6 Å². The van der Waals surface area contributed by atoms with Crippen molar-refractivity contribution in [3.05, 3.63) is 48.2 Å². The van der Waals surface area contributed by atoms with Crippen LogP contribution < -0.4 is 10.6 Å². The number of hydrogen-bond acceptors (Lipinski definition) is 7. The maximum atomic E-state index is 13.3. The van der Waals surface area contributed by atoms with E-state index >= 15 is 0 Å². The highest BCUT2D eigenvalue weighted by Crippen LogP contribution is 2.29. The van der Waals surface area contributed by atoms with Gasteiger partial charge < -0.3 is 10.6 Å². The molecular weight excluding hydrogens is 378 g/mol. The quantitative estimate of drug-likeness (QED) is 0.499. The summed E-state index contributed by atoms with van der Waals surface area (Å²) in [5.74, 6) is -0.630. The van der Waals surface area contributed by atoms with Gasteiger partial charge in [-0.15, -0.1) is 0 Å². The summed E-state index contributed by atoms with van der Waals surface area (Å²) < 4.78 is 52.2. The molecule has 0 aromatic carbocycles. The Morgan fingerprint density at radius 3 is 2.39 bits per heavy atom. The van der Waals surface area contributed by atoms with Crippen LogP contribution in [0.2, 0.25) is 0 Å². The summed E-state index contributed by atoms with van der Waals surface area (Å²) in [5, 5.41) is 5.74. The first-order chi connectivity index (χ1) is 13.2. The molecule has 0 bridgehead atoms. The number of anilines is 3. The van der Waals surface area contributed by atoms with Crippen molar-refractivity contribution in [2.45, 2.75) is 26.1 Å². The Morgan fingerprint density at radius 2 is 1.71 bits per heavy atom. The van der Waals surface area contributed by atoms with E-state index in [1.54, 1.807) is 0 Å².